The number of thiazole rings is 1. The van der Waals surface area contributed by atoms with Crippen molar-refractivity contribution in [2.75, 3.05) is 5.32 Å². The number of alkyl halides is 3. The lowest BCUT2D eigenvalue weighted by molar-refractivity contribution is -0.139. The Morgan fingerprint density at radius 1 is 1.31 bits per heavy atom. The maximum absolute atomic E-state index is 12.8. The number of halogens is 4. The molecule has 1 aromatic carbocycles. The minimum Gasteiger partial charge on any atom is -0.306 e. The Bertz CT molecular complexity index is 1110. The summed E-state index contributed by atoms with van der Waals surface area (Å²) in [6, 6.07) is 7.47. The molecule has 0 radical (unpaired) electrons. The van der Waals surface area contributed by atoms with Gasteiger partial charge in [-0.1, -0.05) is 23.7 Å². The van der Waals surface area contributed by atoms with E-state index in [1.165, 1.54) is 11.3 Å². The number of aryl methyl sites for hydroxylation is 1. The average Bonchev–Trinajstić information content (AvgIpc) is 3.05. The van der Waals surface area contributed by atoms with Crippen LogP contribution in [0.15, 0.2) is 47.5 Å². The molecule has 0 saturated heterocycles. The van der Waals surface area contributed by atoms with Crippen LogP contribution >= 0.6 is 22.9 Å². The molecule has 2 heterocycles. The van der Waals surface area contributed by atoms with Gasteiger partial charge in [-0.25, -0.2) is 4.98 Å². The first kappa shape index (κ1) is 21.1. The fourth-order valence-electron chi connectivity index (χ4n) is 2.59. The van der Waals surface area contributed by atoms with Gasteiger partial charge >= 0.3 is 6.18 Å². The van der Waals surface area contributed by atoms with E-state index in [1.54, 1.807) is 6.20 Å². The predicted molar refractivity (Wildman–Crippen MR) is 105 cm³/mol. The van der Waals surface area contributed by atoms with Gasteiger partial charge in [-0.3, -0.25) is 9.59 Å². The summed E-state index contributed by atoms with van der Waals surface area (Å²) in [6.07, 6.45) is -1.48. The molecule has 0 fully saturated rings. The highest BCUT2D eigenvalue weighted by Gasteiger charge is 2.34. The highest BCUT2D eigenvalue weighted by atomic mass is 35.5. The SMILES string of the molecule is Cc1ccc(Cc2cnc(NC(=O)Cn3cccc(C(F)(F)F)c3=O)s2)cc1Cl. The number of pyridine rings is 1. The summed E-state index contributed by atoms with van der Waals surface area (Å²) in [5.41, 5.74) is -0.637. The Labute approximate surface area is 172 Å². The molecule has 0 saturated carbocycles. The molecule has 1 N–H and O–H groups in total. The number of anilines is 1. The highest BCUT2D eigenvalue weighted by Crippen LogP contribution is 2.26. The predicted octanol–water partition coefficient (Wildman–Crippen LogP) is 4.51. The van der Waals surface area contributed by atoms with Crippen molar-refractivity contribution in [2.45, 2.75) is 26.1 Å². The Hall–Kier alpha value is -2.65. The maximum Gasteiger partial charge on any atom is 0.421 e. The van der Waals surface area contributed by atoms with Crippen molar-refractivity contribution in [1.29, 1.82) is 0 Å². The molecule has 152 valence electrons. The van der Waals surface area contributed by atoms with E-state index in [2.05, 4.69) is 10.3 Å². The lowest BCUT2D eigenvalue weighted by Gasteiger charge is -2.09. The van der Waals surface area contributed by atoms with E-state index in [9.17, 15) is 22.8 Å². The van der Waals surface area contributed by atoms with Gasteiger partial charge < -0.3 is 9.88 Å². The summed E-state index contributed by atoms with van der Waals surface area (Å²) >= 11 is 7.35. The summed E-state index contributed by atoms with van der Waals surface area (Å²) in [7, 11) is 0. The third-order valence-electron chi connectivity index (χ3n) is 4.05. The highest BCUT2D eigenvalue weighted by molar-refractivity contribution is 7.15. The second-order valence-corrected chi connectivity index (χ2v) is 7.82. The molecule has 5 nitrogen and oxygen atoms in total. The van der Waals surface area contributed by atoms with Crippen molar-refractivity contribution < 1.29 is 18.0 Å². The van der Waals surface area contributed by atoms with Gasteiger partial charge in [0.2, 0.25) is 5.91 Å². The quantitative estimate of drug-likeness (QED) is 0.633. The van der Waals surface area contributed by atoms with Crippen molar-refractivity contribution in [3.63, 3.8) is 0 Å². The molecule has 0 spiro atoms. The first-order chi connectivity index (χ1) is 13.6. The second kappa shape index (κ2) is 8.38. The number of hydrogen-bond acceptors (Lipinski definition) is 4. The lowest BCUT2D eigenvalue weighted by atomic mass is 10.1. The normalized spacial score (nSPS) is 11.5. The molecule has 3 rings (SSSR count). The molecule has 0 aliphatic heterocycles. The molecule has 0 aliphatic rings. The maximum atomic E-state index is 12.8. The minimum atomic E-state index is -4.78. The molecular formula is C19H15ClF3N3O2S. The van der Waals surface area contributed by atoms with E-state index >= 15 is 0 Å². The zero-order valence-corrected chi connectivity index (χ0v) is 16.7. The zero-order chi connectivity index (χ0) is 21.2. The Balaban J connectivity index is 1.66. The van der Waals surface area contributed by atoms with Crippen molar-refractivity contribution in [3.8, 4) is 0 Å². The van der Waals surface area contributed by atoms with Crippen LogP contribution in [0.3, 0.4) is 0 Å². The van der Waals surface area contributed by atoms with Crippen molar-refractivity contribution in [3.05, 3.63) is 79.7 Å². The number of benzene rings is 1. The van der Waals surface area contributed by atoms with Gasteiger partial charge in [-0.05, 0) is 36.2 Å². The lowest BCUT2D eigenvalue weighted by Crippen LogP contribution is -2.31. The van der Waals surface area contributed by atoms with Gasteiger partial charge in [-0.15, -0.1) is 11.3 Å². The summed E-state index contributed by atoms with van der Waals surface area (Å²) in [4.78, 5) is 29.0. The molecule has 10 heteroatoms. The second-order valence-electron chi connectivity index (χ2n) is 6.29. The van der Waals surface area contributed by atoms with E-state index in [-0.39, 0.29) is 0 Å². The van der Waals surface area contributed by atoms with E-state index < -0.39 is 29.8 Å². The average molecular weight is 442 g/mol. The smallest absolute Gasteiger partial charge is 0.306 e. The van der Waals surface area contributed by atoms with Gasteiger partial charge in [0, 0.05) is 28.7 Å². The van der Waals surface area contributed by atoms with Crippen molar-refractivity contribution in [1.82, 2.24) is 9.55 Å². The van der Waals surface area contributed by atoms with Crippen LogP contribution in [-0.4, -0.2) is 15.5 Å². The van der Waals surface area contributed by atoms with Crippen LogP contribution in [-0.2, 0) is 23.9 Å². The molecule has 2 aromatic heterocycles. The zero-order valence-electron chi connectivity index (χ0n) is 15.1. The van der Waals surface area contributed by atoms with E-state index in [0.717, 1.165) is 28.3 Å². The molecule has 0 bridgehead atoms. The molecular weight excluding hydrogens is 427 g/mol. The van der Waals surface area contributed by atoms with Crippen LogP contribution < -0.4 is 10.9 Å². The number of aromatic nitrogens is 2. The number of carbonyl (C=O) groups excluding carboxylic acids is 1. The van der Waals surface area contributed by atoms with Crippen molar-refractivity contribution in [2.24, 2.45) is 0 Å². The molecule has 1 amide bonds. The van der Waals surface area contributed by atoms with Crippen LogP contribution in [0.5, 0.6) is 0 Å². The molecule has 29 heavy (non-hydrogen) atoms. The standard InChI is InChI=1S/C19H15ClF3N3O2S/c1-11-4-5-12(8-15(11)20)7-13-9-24-18(29-13)25-16(27)10-26-6-2-3-14(17(26)28)19(21,22)23/h2-6,8-9H,7,10H2,1H3,(H,24,25,27). The van der Waals surface area contributed by atoms with Gasteiger partial charge in [0.1, 0.15) is 12.1 Å². The molecule has 0 aliphatic carbocycles. The fraction of sp³-hybridized carbons (Fsp3) is 0.211. The summed E-state index contributed by atoms with van der Waals surface area (Å²) in [5.74, 6) is -0.647. The number of rotatable bonds is 5. The van der Waals surface area contributed by atoms with E-state index in [0.29, 0.717) is 27.2 Å². The first-order valence-electron chi connectivity index (χ1n) is 8.39. The largest absolute Gasteiger partial charge is 0.421 e. The third-order valence-corrected chi connectivity index (χ3v) is 5.37. The number of carbonyl (C=O) groups is 1. The van der Waals surface area contributed by atoms with E-state index in [4.69, 9.17) is 11.6 Å². The van der Waals surface area contributed by atoms with Crippen LogP contribution in [0.25, 0.3) is 0 Å². The third kappa shape index (κ3) is 5.24. The molecule has 3 aromatic rings. The number of nitrogens with zero attached hydrogens (tertiary/aromatic N) is 2. The van der Waals surface area contributed by atoms with Gasteiger partial charge in [0.05, 0.1) is 0 Å². The number of nitrogens with one attached hydrogen (secondary N) is 1. The van der Waals surface area contributed by atoms with Gasteiger partial charge in [0.25, 0.3) is 5.56 Å². The number of hydrogen-bond donors (Lipinski definition) is 1. The topological polar surface area (TPSA) is 64.0 Å². The Morgan fingerprint density at radius 3 is 2.76 bits per heavy atom. The first-order valence-corrected chi connectivity index (χ1v) is 9.59. The van der Waals surface area contributed by atoms with Gasteiger partial charge in [0.15, 0.2) is 5.13 Å². The fourth-order valence-corrected chi connectivity index (χ4v) is 3.65. The molecule has 0 unspecified atom stereocenters. The van der Waals surface area contributed by atoms with Crippen LogP contribution in [0.2, 0.25) is 5.02 Å². The van der Waals surface area contributed by atoms with E-state index in [1.807, 2.05) is 25.1 Å². The summed E-state index contributed by atoms with van der Waals surface area (Å²) in [5, 5.41) is 3.46. The Morgan fingerprint density at radius 2 is 2.07 bits per heavy atom. The number of amides is 1. The monoisotopic (exact) mass is 441 g/mol. The summed E-state index contributed by atoms with van der Waals surface area (Å²) < 4.78 is 39.1. The minimum absolute atomic E-state index is 0.295. The van der Waals surface area contributed by atoms with Crippen molar-refractivity contribution >= 4 is 34.0 Å². The Kier molecular flexibility index (Phi) is 6.09. The molecule has 0 atom stereocenters. The van der Waals surface area contributed by atoms with Gasteiger partial charge in [-0.2, -0.15) is 13.2 Å². The summed E-state index contributed by atoms with van der Waals surface area (Å²) in [6.45, 7) is 1.35. The van der Waals surface area contributed by atoms with Crippen LogP contribution in [0.4, 0.5) is 18.3 Å². The van der Waals surface area contributed by atoms with Crippen LogP contribution in [0.1, 0.15) is 21.6 Å². The van der Waals surface area contributed by atoms with Crippen LogP contribution in [0, 0.1) is 6.92 Å².